The molecule has 36 heavy (non-hydrogen) atoms. The smallest absolute Gasteiger partial charge is 0.294 e. The summed E-state index contributed by atoms with van der Waals surface area (Å²) in [5.41, 5.74) is 4.94. The van der Waals surface area contributed by atoms with Gasteiger partial charge in [-0.25, -0.2) is 9.97 Å². The highest BCUT2D eigenvalue weighted by molar-refractivity contribution is 5.92. The highest BCUT2D eigenvalue weighted by Crippen LogP contribution is 2.36. The molecule has 1 N–H and O–H groups in total. The van der Waals surface area contributed by atoms with Crippen LogP contribution in [0.2, 0.25) is 0 Å². The SMILES string of the molecule is Cn1cc(Nc2nccc(-c3ccc4c(c3)CCCCC4CC(=O)c3nc(C(C)(C)C)no3)n2)cn1. The molecule has 0 amide bonds. The molecule has 1 aliphatic carbocycles. The van der Waals surface area contributed by atoms with Gasteiger partial charge in [0.2, 0.25) is 11.7 Å². The fourth-order valence-corrected chi connectivity index (χ4v) is 4.60. The molecule has 0 bridgehead atoms. The van der Waals surface area contributed by atoms with E-state index in [1.807, 2.05) is 40.1 Å². The number of nitrogens with zero attached hydrogens (tertiary/aromatic N) is 6. The van der Waals surface area contributed by atoms with Crippen molar-refractivity contribution in [2.45, 2.75) is 64.2 Å². The normalized spacial score (nSPS) is 15.8. The third-order valence-corrected chi connectivity index (χ3v) is 6.51. The van der Waals surface area contributed by atoms with Crippen molar-refractivity contribution in [3.63, 3.8) is 0 Å². The van der Waals surface area contributed by atoms with Crippen molar-refractivity contribution >= 4 is 17.4 Å². The van der Waals surface area contributed by atoms with Gasteiger partial charge in [0.05, 0.1) is 17.6 Å². The topological polar surface area (TPSA) is 112 Å². The maximum Gasteiger partial charge on any atom is 0.294 e. The van der Waals surface area contributed by atoms with E-state index in [9.17, 15) is 4.79 Å². The lowest BCUT2D eigenvalue weighted by Crippen LogP contribution is -2.14. The van der Waals surface area contributed by atoms with E-state index in [0.29, 0.717) is 18.2 Å². The van der Waals surface area contributed by atoms with Gasteiger partial charge in [0.15, 0.2) is 5.82 Å². The number of aromatic nitrogens is 6. The molecule has 0 aliphatic heterocycles. The van der Waals surface area contributed by atoms with Crippen molar-refractivity contribution < 1.29 is 9.32 Å². The number of rotatable bonds is 6. The molecule has 3 aromatic heterocycles. The van der Waals surface area contributed by atoms with Gasteiger partial charge in [0.1, 0.15) is 0 Å². The Morgan fingerprint density at radius 2 is 2.06 bits per heavy atom. The van der Waals surface area contributed by atoms with Gasteiger partial charge in [-0.05, 0) is 48.4 Å². The maximum atomic E-state index is 13.0. The number of benzene rings is 1. The van der Waals surface area contributed by atoms with Gasteiger partial charge in [0.25, 0.3) is 5.89 Å². The summed E-state index contributed by atoms with van der Waals surface area (Å²) in [7, 11) is 1.87. The molecule has 3 heterocycles. The van der Waals surface area contributed by atoms with E-state index < -0.39 is 0 Å². The zero-order valence-corrected chi connectivity index (χ0v) is 21.2. The monoisotopic (exact) mass is 485 g/mol. The first-order valence-electron chi connectivity index (χ1n) is 12.4. The van der Waals surface area contributed by atoms with Gasteiger partial charge < -0.3 is 9.84 Å². The highest BCUT2D eigenvalue weighted by Gasteiger charge is 2.27. The number of fused-ring (bicyclic) bond motifs is 1. The Balaban J connectivity index is 1.36. The largest absolute Gasteiger partial charge is 0.331 e. The number of Topliss-reactive ketones (excluding diaryl/α,β-unsaturated/α-hetero) is 1. The fourth-order valence-electron chi connectivity index (χ4n) is 4.60. The Hall–Kier alpha value is -3.88. The summed E-state index contributed by atoms with van der Waals surface area (Å²) in [5, 5.41) is 11.4. The summed E-state index contributed by atoms with van der Waals surface area (Å²) in [6, 6.07) is 8.36. The molecule has 0 saturated heterocycles. The van der Waals surface area contributed by atoms with Gasteiger partial charge >= 0.3 is 0 Å². The molecule has 0 fully saturated rings. The second-order valence-electron chi connectivity index (χ2n) is 10.4. The second kappa shape index (κ2) is 9.64. The van der Waals surface area contributed by atoms with Gasteiger partial charge in [0, 0.05) is 36.8 Å². The van der Waals surface area contributed by atoms with Crippen molar-refractivity contribution in [1.82, 2.24) is 29.9 Å². The Morgan fingerprint density at radius 3 is 2.81 bits per heavy atom. The molecule has 1 atom stereocenters. The molecular weight excluding hydrogens is 454 g/mol. The van der Waals surface area contributed by atoms with Crippen LogP contribution in [0.1, 0.15) is 80.0 Å². The van der Waals surface area contributed by atoms with Crippen molar-refractivity contribution in [1.29, 1.82) is 0 Å². The molecule has 186 valence electrons. The molecule has 1 unspecified atom stereocenters. The molecule has 1 aliphatic rings. The van der Waals surface area contributed by atoms with Crippen LogP contribution in [0.15, 0.2) is 47.4 Å². The van der Waals surface area contributed by atoms with Crippen LogP contribution in [0.25, 0.3) is 11.3 Å². The highest BCUT2D eigenvalue weighted by atomic mass is 16.5. The average molecular weight is 486 g/mol. The first-order valence-corrected chi connectivity index (χ1v) is 12.4. The standard InChI is InChI=1S/C27H31N7O2/c1-27(2,3)25-32-24(36-33-25)23(35)14-18-8-6-5-7-17-13-19(9-10-21(17)18)22-11-12-28-26(31-22)30-20-15-29-34(4)16-20/h9-13,15-16,18H,5-8,14H2,1-4H3,(H,28,30,31). The molecule has 0 radical (unpaired) electrons. The van der Waals surface area contributed by atoms with E-state index in [4.69, 9.17) is 9.51 Å². The van der Waals surface area contributed by atoms with Crippen LogP contribution in [-0.4, -0.2) is 35.7 Å². The molecule has 4 aromatic rings. The lowest BCUT2D eigenvalue weighted by molar-refractivity contribution is 0.0929. The second-order valence-corrected chi connectivity index (χ2v) is 10.4. The van der Waals surface area contributed by atoms with Gasteiger partial charge in [-0.2, -0.15) is 10.1 Å². The quantitative estimate of drug-likeness (QED) is 0.286. The summed E-state index contributed by atoms with van der Waals surface area (Å²) in [6.07, 6.45) is 9.84. The summed E-state index contributed by atoms with van der Waals surface area (Å²) in [5.74, 6) is 1.22. The van der Waals surface area contributed by atoms with Crippen LogP contribution in [0.5, 0.6) is 0 Å². The zero-order valence-electron chi connectivity index (χ0n) is 21.2. The van der Waals surface area contributed by atoms with E-state index in [1.165, 1.54) is 11.1 Å². The molecule has 9 heteroatoms. The number of nitrogens with one attached hydrogen (secondary N) is 1. The van der Waals surface area contributed by atoms with Crippen molar-refractivity contribution in [3.8, 4) is 11.3 Å². The van der Waals surface area contributed by atoms with E-state index in [-0.39, 0.29) is 23.0 Å². The van der Waals surface area contributed by atoms with Crippen molar-refractivity contribution in [3.05, 3.63) is 65.7 Å². The molecular formula is C27H31N7O2. The number of hydrogen-bond donors (Lipinski definition) is 1. The average Bonchev–Trinajstić information content (AvgIpc) is 3.46. The zero-order chi connectivity index (χ0) is 25.3. The lowest BCUT2D eigenvalue weighted by atomic mass is 9.87. The van der Waals surface area contributed by atoms with E-state index in [0.717, 1.165) is 42.6 Å². The summed E-state index contributed by atoms with van der Waals surface area (Å²) in [4.78, 5) is 26.4. The minimum atomic E-state index is -0.262. The van der Waals surface area contributed by atoms with Crippen molar-refractivity contribution in [2.75, 3.05) is 5.32 Å². The number of carbonyl (C=O) groups excluding carboxylic acids is 1. The van der Waals surface area contributed by atoms with Crippen LogP contribution in [0.3, 0.4) is 0 Å². The van der Waals surface area contributed by atoms with E-state index >= 15 is 0 Å². The molecule has 1 aromatic carbocycles. The minimum Gasteiger partial charge on any atom is -0.331 e. The van der Waals surface area contributed by atoms with Crippen LogP contribution in [0.4, 0.5) is 11.6 Å². The Kier molecular flexibility index (Phi) is 6.38. The number of anilines is 2. The van der Waals surface area contributed by atoms with Crippen LogP contribution < -0.4 is 5.32 Å². The van der Waals surface area contributed by atoms with E-state index in [1.54, 1.807) is 17.1 Å². The van der Waals surface area contributed by atoms with Crippen LogP contribution in [-0.2, 0) is 18.9 Å². The number of ketones is 1. The Morgan fingerprint density at radius 1 is 1.19 bits per heavy atom. The Labute approximate surface area is 210 Å². The van der Waals surface area contributed by atoms with E-state index in [2.05, 4.69) is 43.7 Å². The molecule has 0 spiro atoms. The van der Waals surface area contributed by atoms with Gasteiger partial charge in [-0.1, -0.05) is 44.5 Å². The fraction of sp³-hybridized carbons (Fsp3) is 0.407. The number of carbonyl (C=O) groups is 1. The molecule has 9 nitrogen and oxygen atoms in total. The minimum absolute atomic E-state index is 0.0955. The van der Waals surface area contributed by atoms with Crippen LogP contribution >= 0.6 is 0 Å². The van der Waals surface area contributed by atoms with Crippen LogP contribution in [0, 0.1) is 0 Å². The molecule has 0 saturated carbocycles. The Bertz CT molecular complexity index is 1380. The summed E-state index contributed by atoms with van der Waals surface area (Å²) < 4.78 is 7.03. The first kappa shape index (κ1) is 23.8. The number of aryl methyl sites for hydroxylation is 2. The summed E-state index contributed by atoms with van der Waals surface area (Å²) in [6.45, 7) is 6.00. The lowest BCUT2D eigenvalue weighted by Gasteiger charge is -2.17. The van der Waals surface area contributed by atoms with Gasteiger partial charge in [-0.3, -0.25) is 9.48 Å². The predicted octanol–water partition coefficient (Wildman–Crippen LogP) is 5.38. The van der Waals surface area contributed by atoms with Gasteiger partial charge in [-0.15, -0.1) is 0 Å². The third-order valence-electron chi connectivity index (χ3n) is 6.51. The summed E-state index contributed by atoms with van der Waals surface area (Å²) >= 11 is 0. The van der Waals surface area contributed by atoms with Crippen molar-refractivity contribution in [2.24, 2.45) is 7.05 Å². The third kappa shape index (κ3) is 5.19. The molecule has 5 rings (SSSR count). The predicted molar refractivity (Wildman–Crippen MR) is 136 cm³/mol. The number of hydrogen-bond acceptors (Lipinski definition) is 8. The maximum absolute atomic E-state index is 13.0. The first-order chi connectivity index (χ1) is 17.3.